The van der Waals surface area contributed by atoms with Gasteiger partial charge in [0.1, 0.15) is 10.6 Å². The van der Waals surface area contributed by atoms with Crippen molar-refractivity contribution in [1.29, 1.82) is 0 Å². The first kappa shape index (κ1) is 15.5. The highest BCUT2D eigenvalue weighted by atomic mass is 32.1. The summed E-state index contributed by atoms with van der Waals surface area (Å²) in [6.07, 6.45) is 0.752. The van der Waals surface area contributed by atoms with Gasteiger partial charge in [-0.25, -0.2) is 4.98 Å². The second-order valence-corrected chi connectivity index (χ2v) is 6.26. The Labute approximate surface area is 137 Å². The van der Waals surface area contributed by atoms with E-state index < -0.39 is 0 Å². The zero-order valence-electron chi connectivity index (χ0n) is 12.8. The smallest absolute Gasteiger partial charge is 0.281 e. The predicted octanol–water partition coefficient (Wildman–Crippen LogP) is 2.02. The topological polar surface area (TPSA) is 80.3 Å². The van der Waals surface area contributed by atoms with Gasteiger partial charge in [-0.05, 0) is 30.9 Å². The molecule has 1 saturated carbocycles. The molecule has 2 aromatic rings. The Balaban J connectivity index is 1.57. The van der Waals surface area contributed by atoms with Gasteiger partial charge in [-0.2, -0.15) is 0 Å². The molecule has 2 atom stereocenters. The molecule has 7 heteroatoms. The van der Waals surface area contributed by atoms with Crippen molar-refractivity contribution in [2.45, 2.75) is 19.3 Å². The molecule has 23 heavy (non-hydrogen) atoms. The first-order valence-electron chi connectivity index (χ1n) is 7.25. The Hall–Kier alpha value is -2.41. The van der Waals surface area contributed by atoms with Gasteiger partial charge in [0.2, 0.25) is 5.91 Å². The number of nitrogens with one attached hydrogen (secondary N) is 2. The summed E-state index contributed by atoms with van der Waals surface area (Å²) in [5, 5.41) is 0. The molecule has 1 aliphatic carbocycles. The Bertz CT molecular complexity index is 744. The number of nitrogens with zero attached hydrogens (tertiary/aromatic N) is 1. The third-order valence-electron chi connectivity index (χ3n) is 3.92. The van der Waals surface area contributed by atoms with Crippen LogP contribution in [0.3, 0.4) is 0 Å². The molecule has 2 N–H and O–H groups in total. The van der Waals surface area contributed by atoms with Crippen LogP contribution in [0.1, 0.15) is 33.3 Å². The minimum absolute atomic E-state index is 0.133. The normalized spacial score (nSPS) is 19.0. The highest BCUT2D eigenvalue weighted by Gasteiger charge is 2.45. The maximum atomic E-state index is 12.2. The van der Waals surface area contributed by atoms with Crippen molar-refractivity contribution >= 4 is 23.2 Å². The molecule has 6 nitrogen and oxygen atoms in total. The van der Waals surface area contributed by atoms with E-state index in [1.54, 1.807) is 19.5 Å². The van der Waals surface area contributed by atoms with Gasteiger partial charge in [-0.15, -0.1) is 11.3 Å². The predicted molar refractivity (Wildman–Crippen MR) is 86.3 cm³/mol. The summed E-state index contributed by atoms with van der Waals surface area (Å²) in [4.78, 5) is 28.6. The summed E-state index contributed by atoms with van der Waals surface area (Å²) in [7, 11) is 1.62. The lowest BCUT2D eigenvalue weighted by Gasteiger charge is -2.08. The monoisotopic (exact) mass is 331 g/mol. The molecule has 1 aliphatic rings. The maximum absolute atomic E-state index is 12.2. The molecular weight excluding hydrogens is 314 g/mol. The van der Waals surface area contributed by atoms with Gasteiger partial charge < -0.3 is 4.74 Å². The van der Waals surface area contributed by atoms with Crippen LogP contribution in [0, 0.1) is 12.8 Å². The molecule has 1 aromatic carbocycles. The van der Waals surface area contributed by atoms with E-state index in [-0.39, 0.29) is 23.7 Å². The summed E-state index contributed by atoms with van der Waals surface area (Å²) in [5.41, 5.74) is 8.23. The van der Waals surface area contributed by atoms with Crippen molar-refractivity contribution in [2.24, 2.45) is 5.92 Å². The van der Waals surface area contributed by atoms with E-state index in [1.807, 2.05) is 24.3 Å². The molecule has 0 aliphatic heterocycles. The van der Waals surface area contributed by atoms with E-state index in [0.717, 1.165) is 17.7 Å². The number of hydrogen-bond donors (Lipinski definition) is 2. The highest BCUT2D eigenvalue weighted by molar-refractivity contribution is 7.11. The molecule has 1 heterocycles. The van der Waals surface area contributed by atoms with Crippen LogP contribution in [-0.2, 0) is 4.79 Å². The molecule has 3 rings (SSSR count). The standard InChI is InChI=1S/C16H17N3O3S/c1-9-14(23-8-17-9)16(21)19-18-15(20)12-7-11(12)10-5-3-4-6-13(10)22-2/h3-6,8,11-12H,7H2,1-2H3,(H,18,20)(H,19,21). The zero-order valence-corrected chi connectivity index (χ0v) is 13.6. The minimum atomic E-state index is -0.340. The van der Waals surface area contributed by atoms with E-state index >= 15 is 0 Å². The van der Waals surface area contributed by atoms with Crippen molar-refractivity contribution in [3.8, 4) is 5.75 Å². The molecule has 1 aromatic heterocycles. The summed E-state index contributed by atoms with van der Waals surface area (Å²) in [6, 6.07) is 7.68. The number of methoxy groups -OCH3 is 1. The fourth-order valence-electron chi connectivity index (χ4n) is 2.59. The number of aromatic nitrogens is 1. The van der Waals surface area contributed by atoms with E-state index in [4.69, 9.17) is 4.74 Å². The summed E-state index contributed by atoms with van der Waals surface area (Å²) in [6.45, 7) is 1.76. The first-order valence-corrected chi connectivity index (χ1v) is 8.13. The fraction of sp³-hybridized carbons (Fsp3) is 0.312. The van der Waals surface area contributed by atoms with Crippen LogP contribution in [0.15, 0.2) is 29.8 Å². The van der Waals surface area contributed by atoms with Crippen molar-refractivity contribution in [1.82, 2.24) is 15.8 Å². The van der Waals surface area contributed by atoms with Gasteiger partial charge in [0.25, 0.3) is 5.91 Å². The average Bonchev–Trinajstić information content (AvgIpc) is 3.26. The van der Waals surface area contributed by atoms with E-state index in [2.05, 4.69) is 15.8 Å². The number of carbonyl (C=O) groups is 2. The lowest BCUT2D eigenvalue weighted by atomic mass is 10.1. The molecule has 0 bridgehead atoms. The highest BCUT2D eigenvalue weighted by Crippen LogP contribution is 2.50. The Morgan fingerprint density at radius 2 is 2.09 bits per heavy atom. The number of para-hydroxylation sites is 1. The molecule has 1 fully saturated rings. The van der Waals surface area contributed by atoms with Crippen LogP contribution in [0.4, 0.5) is 0 Å². The van der Waals surface area contributed by atoms with Crippen LogP contribution < -0.4 is 15.6 Å². The van der Waals surface area contributed by atoms with Gasteiger partial charge in [0.15, 0.2) is 0 Å². The van der Waals surface area contributed by atoms with E-state index in [1.165, 1.54) is 11.3 Å². The molecule has 2 amide bonds. The van der Waals surface area contributed by atoms with Gasteiger partial charge in [0, 0.05) is 5.92 Å². The van der Waals surface area contributed by atoms with E-state index in [9.17, 15) is 9.59 Å². The van der Waals surface area contributed by atoms with Crippen LogP contribution in [0.5, 0.6) is 5.75 Å². The SMILES string of the molecule is COc1ccccc1C1CC1C(=O)NNC(=O)c1scnc1C. The van der Waals surface area contributed by atoms with Crippen molar-refractivity contribution < 1.29 is 14.3 Å². The second kappa shape index (κ2) is 6.37. The molecule has 120 valence electrons. The van der Waals surface area contributed by atoms with Gasteiger partial charge in [-0.3, -0.25) is 20.4 Å². The number of thiazole rings is 1. The maximum Gasteiger partial charge on any atom is 0.281 e. The van der Waals surface area contributed by atoms with Gasteiger partial charge in [-0.1, -0.05) is 18.2 Å². The molecule has 0 spiro atoms. The number of aryl methyl sites for hydroxylation is 1. The minimum Gasteiger partial charge on any atom is -0.496 e. The van der Waals surface area contributed by atoms with Crippen LogP contribution in [0.2, 0.25) is 0 Å². The number of ether oxygens (including phenoxy) is 1. The summed E-state index contributed by atoms with van der Waals surface area (Å²) >= 11 is 1.24. The number of carbonyl (C=O) groups excluding carboxylic acids is 2. The average molecular weight is 331 g/mol. The van der Waals surface area contributed by atoms with Gasteiger partial charge in [0.05, 0.1) is 18.3 Å². The lowest BCUT2D eigenvalue weighted by molar-refractivity contribution is -0.123. The Morgan fingerprint density at radius 3 is 2.78 bits per heavy atom. The Morgan fingerprint density at radius 1 is 1.30 bits per heavy atom. The number of amides is 2. The van der Waals surface area contributed by atoms with Crippen molar-refractivity contribution in [3.63, 3.8) is 0 Å². The summed E-state index contributed by atoms with van der Waals surface area (Å²) in [5.74, 6) is 0.253. The molecule has 0 saturated heterocycles. The third kappa shape index (κ3) is 3.19. The zero-order chi connectivity index (χ0) is 16.4. The van der Waals surface area contributed by atoms with Crippen molar-refractivity contribution in [2.75, 3.05) is 7.11 Å². The molecule has 0 radical (unpaired) electrons. The molecular formula is C16H17N3O3S. The third-order valence-corrected chi connectivity index (χ3v) is 4.84. The molecule has 2 unspecified atom stereocenters. The van der Waals surface area contributed by atoms with Gasteiger partial charge >= 0.3 is 0 Å². The first-order chi connectivity index (χ1) is 11.1. The van der Waals surface area contributed by atoms with Crippen LogP contribution in [-0.4, -0.2) is 23.9 Å². The lowest BCUT2D eigenvalue weighted by Crippen LogP contribution is -2.42. The number of hydrazine groups is 1. The number of rotatable bonds is 4. The second-order valence-electron chi connectivity index (χ2n) is 5.40. The fourth-order valence-corrected chi connectivity index (χ4v) is 3.29. The van der Waals surface area contributed by atoms with Crippen LogP contribution in [0.25, 0.3) is 0 Å². The van der Waals surface area contributed by atoms with E-state index in [0.29, 0.717) is 10.6 Å². The largest absolute Gasteiger partial charge is 0.496 e. The number of hydrogen-bond acceptors (Lipinski definition) is 5. The Kier molecular flexibility index (Phi) is 4.29. The summed E-state index contributed by atoms with van der Waals surface area (Å²) < 4.78 is 5.33. The van der Waals surface area contributed by atoms with Crippen LogP contribution >= 0.6 is 11.3 Å². The quantitative estimate of drug-likeness (QED) is 0.840. The number of benzene rings is 1. The van der Waals surface area contributed by atoms with Crippen molar-refractivity contribution in [3.05, 3.63) is 45.9 Å².